The summed E-state index contributed by atoms with van der Waals surface area (Å²) in [5.74, 6) is 0.121. The van der Waals surface area contributed by atoms with E-state index in [1.807, 2.05) is 19.1 Å². The van der Waals surface area contributed by atoms with Crippen molar-refractivity contribution < 1.29 is 13.5 Å². The highest BCUT2D eigenvalue weighted by Gasteiger charge is 2.48. The maximum absolute atomic E-state index is 12.5. The molecule has 1 saturated carbocycles. The van der Waals surface area contributed by atoms with Crippen LogP contribution in [0.3, 0.4) is 0 Å². The first kappa shape index (κ1) is 12.1. The zero-order valence-electron chi connectivity index (χ0n) is 10.3. The van der Waals surface area contributed by atoms with Crippen LogP contribution in [0, 0.1) is 12.8 Å². The summed E-state index contributed by atoms with van der Waals surface area (Å²) >= 11 is 0. The summed E-state index contributed by atoms with van der Waals surface area (Å²) in [7, 11) is -3.39. The summed E-state index contributed by atoms with van der Waals surface area (Å²) in [5, 5.41) is 9.69. The Morgan fingerprint density at radius 2 is 1.89 bits per heavy atom. The normalized spacial score (nSPS) is 32.0. The van der Waals surface area contributed by atoms with E-state index in [4.69, 9.17) is 0 Å². The standard InChI is InChI=1S/C13H17NO3S/c1-9-2-4-12(5-3-9)18(16,17)14-8-10-6-11(14)7-13(10)15/h2-5,10-11,13,15H,6-8H2,1H3/t10-,11+,13+/m0/s1. The summed E-state index contributed by atoms with van der Waals surface area (Å²) in [5.41, 5.74) is 1.05. The first-order chi connectivity index (χ1) is 8.48. The van der Waals surface area contributed by atoms with Crippen molar-refractivity contribution in [3.8, 4) is 0 Å². The number of sulfonamides is 1. The maximum Gasteiger partial charge on any atom is 0.243 e. The van der Waals surface area contributed by atoms with Crippen LogP contribution >= 0.6 is 0 Å². The number of rotatable bonds is 2. The molecule has 2 bridgehead atoms. The Morgan fingerprint density at radius 3 is 2.39 bits per heavy atom. The lowest BCUT2D eigenvalue weighted by Gasteiger charge is -2.28. The summed E-state index contributed by atoms with van der Waals surface area (Å²) in [4.78, 5) is 0.357. The third-order valence-electron chi connectivity index (χ3n) is 4.08. The van der Waals surface area contributed by atoms with Gasteiger partial charge in [0.15, 0.2) is 0 Å². The van der Waals surface area contributed by atoms with E-state index in [1.54, 1.807) is 16.4 Å². The van der Waals surface area contributed by atoms with Crippen molar-refractivity contribution in [1.82, 2.24) is 4.31 Å². The number of aliphatic hydroxyl groups is 1. The van der Waals surface area contributed by atoms with Crippen molar-refractivity contribution in [2.24, 2.45) is 5.92 Å². The molecular weight excluding hydrogens is 250 g/mol. The molecule has 0 unspecified atom stereocenters. The van der Waals surface area contributed by atoms with Gasteiger partial charge >= 0.3 is 0 Å². The number of aliphatic hydroxyl groups excluding tert-OH is 1. The van der Waals surface area contributed by atoms with Crippen LogP contribution in [0.25, 0.3) is 0 Å². The second-order valence-electron chi connectivity index (χ2n) is 5.34. The fourth-order valence-corrected chi connectivity index (χ4v) is 4.73. The molecule has 4 nitrogen and oxygen atoms in total. The van der Waals surface area contributed by atoms with Crippen molar-refractivity contribution in [3.63, 3.8) is 0 Å². The molecule has 1 aliphatic carbocycles. The van der Waals surface area contributed by atoms with Crippen molar-refractivity contribution in [2.75, 3.05) is 6.54 Å². The predicted octanol–water partition coefficient (Wildman–Crippen LogP) is 1.14. The number of piperidine rings is 1. The Balaban J connectivity index is 1.90. The zero-order valence-corrected chi connectivity index (χ0v) is 11.1. The SMILES string of the molecule is Cc1ccc(S(=O)(=O)N2C[C@@H]3C[C@@H]2C[C@H]3O)cc1. The quantitative estimate of drug-likeness (QED) is 0.874. The van der Waals surface area contributed by atoms with Gasteiger partial charge in [-0.25, -0.2) is 8.42 Å². The minimum Gasteiger partial charge on any atom is -0.393 e. The molecule has 3 atom stereocenters. The monoisotopic (exact) mass is 267 g/mol. The molecule has 1 saturated heterocycles. The minimum atomic E-state index is -3.39. The van der Waals surface area contributed by atoms with E-state index in [1.165, 1.54) is 0 Å². The smallest absolute Gasteiger partial charge is 0.243 e. The Kier molecular flexibility index (Phi) is 2.73. The average molecular weight is 267 g/mol. The highest BCUT2D eigenvalue weighted by atomic mass is 32.2. The molecule has 1 aliphatic heterocycles. The van der Waals surface area contributed by atoms with Gasteiger partial charge in [0.05, 0.1) is 11.0 Å². The first-order valence-electron chi connectivity index (χ1n) is 6.25. The molecule has 2 fully saturated rings. The lowest BCUT2D eigenvalue weighted by Crippen LogP contribution is -2.41. The van der Waals surface area contributed by atoms with E-state index in [-0.39, 0.29) is 18.1 Å². The van der Waals surface area contributed by atoms with Gasteiger partial charge in [-0.3, -0.25) is 0 Å². The van der Waals surface area contributed by atoms with Crippen LogP contribution in [0.15, 0.2) is 29.2 Å². The van der Waals surface area contributed by atoms with Gasteiger partial charge < -0.3 is 5.11 Å². The van der Waals surface area contributed by atoms with Gasteiger partial charge in [-0.2, -0.15) is 4.31 Å². The molecule has 5 heteroatoms. The highest BCUT2D eigenvalue weighted by molar-refractivity contribution is 7.89. The molecule has 0 amide bonds. The molecule has 1 N–H and O–H groups in total. The van der Waals surface area contributed by atoms with Crippen LogP contribution in [-0.4, -0.2) is 36.5 Å². The first-order valence-corrected chi connectivity index (χ1v) is 7.69. The summed E-state index contributed by atoms with van der Waals surface area (Å²) in [6, 6.07) is 6.93. The summed E-state index contributed by atoms with van der Waals surface area (Å²) < 4.78 is 26.5. The van der Waals surface area contributed by atoms with E-state index < -0.39 is 10.0 Å². The number of benzene rings is 1. The van der Waals surface area contributed by atoms with E-state index in [9.17, 15) is 13.5 Å². The number of nitrogens with zero attached hydrogens (tertiary/aromatic N) is 1. The highest BCUT2D eigenvalue weighted by Crippen LogP contribution is 2.40. The van der Waals surface area contributed by atoms with E-state index in [2.05, 4.69) is 0 Å². The Bertz CT molecular complexity index is 550. The molecule has 0 spiro atoms. The molecule has 1 aromatic carbocycles. The zero-order chi connectivity index (χ0) is 12.9. The topological polar surface area (TPSA) is 57.6 Å². The largest absolute Gasteiger partial charge is 0.393 e. The molecule has 3 rings (SSSR count). The van der Waals surface area contributed by atoms with Crippen molar-refractivity contribution in [3.05, 3.63) is 29.8 Å². The van der Waals surface area contributed by atoms with Crippen LogP contribution in [0.4, 0.5) is 0 Å². The van der Waals surface area contributed by atoms with E-state index in [0.717, 1.165) is 12.0 Å². The average Bonchev–Trinajstić information content (AvgIpc) is 2.88. The van der Waals surface area contributed by atoms with Crippen LogP contribution in [0.2, 0.25) is 0 Å². The number of hydrogen-bond acceptors (Lipinski definition) is 3. The molecular formula is C13H17NO3S. The molecule has 0 radical (unpaired) electrons. The van der Waals surface area contributed by atoms with Gasteiger partial charge in [0, 0.05) is 18.5 Å². The Labute approximate surface area is 107 Å². The maximum atomic E-state index is 12.5. The Morgan fingerprint density at radius 1 is 1.22 bits per heavy atom. The lowest BCUT2D eigenvalue weighted by molar-refractivity contribution is 0.101. The summed E-state index contributed by atoms with van der Waals surface area (Å²) in [6.07, 6.45) is 1.06. The number of aryl methyl sites for hydroxylation is 1. The van der Waals surface area contributed by atoms with Crippen molar-refractivity contribution in [2.45, 2.75) is 36.8 Å². The molecule has 0 aromatic heterocycles. The van der Waals surface area contributed by atoms with E-state index in [0.29, 0.717) is 17.9 Å². The second-order valence-corrected chi connectivity index (χ2v) is 7.23. The fourth-order valence-electron chi connectivity index (χ4n) is 3.03. The molecule has 98 valence electrons. The molecule has 2 aliphatic rings. The fraction of sp³-hybridized carbons (Fsp3) is 0.538. The van der Waals surface area contributed by atoms with Gasteiger partial charge in [-0.1, -0.05) is 17.7 Å². The molecule has 18 heavy (non-hydrogen) atoms. The van der Waals surface area contributed by atoms with Crippen molar-refractivity contribution in [1.29, 1.82) is 0 Å². The van der Waals surface area contributed by atoms with Crippen LogP contribution < -0.4 is 0 Å². The van der Waals surface area contributed by atoms with Crippen LogP contribution in [0.5, 0.6) is 0 Å². The van der Waals surface area contributed by atoms with Gasteiger partial charge in [-0.05, 0) is 31.9 Å². The van der Waals surface area contributed by atoms with Crippen LogP contribution in [-0.2, 0) is 10.0 Å². The van der Waals surface area contributed by atoms with Crippen LogP contribution in [0.1, 0.15) is 18.4 Å². The van der Waals surface area contributed by atoms with Crippen molar-refractivity contribution >= 4 is 10.0 Å². The lowest BCUT2D eigenvalue weighted by atomic mass is 10.1. The molecule has 1 aromatic rings. The minimum absolute atomic E-state index is 0.0173. The van der Waals surface area contributed by atoms with Gasteiger partial charge in [0.1, 0.15) is 0 Å². The summed E-state index contributed by atoms with van der Waals surface area (Å²) in [6.45, 7) is 2.40. The van der Waals surface area contributed by atoms with Gasteiger partial charge in [0.25, 0.3) is 0 Å². The van der Waals surface area contributed by atoms with E-state index >= 15 is 0 Å². The third kappa shape index (κ3) is 1.77. The third-order valence-corrected chi connectivity index (χ3v) is 6.01. The predicted molar refractivity (Wildman–Crippen MR) is 67.6 cm³/mol. The second kappa shape index (κ2) is 4.05. The molecule has 1 heterocycles. The number of fused-ring (bicyclic) bond motifs is 2. The van der Waals surface area contributed by atoms with Gasteiger partial charge in [0.2, 0.25) is 10.0 Å². The number of hydrogen-bond donors (Lipinski definition) is 1. The van der Waals surface area contributed by atoms with Gasteiger partial charge in [-0.15, -0.1) is 0 Å². The Hall–Kier alpha value is -0.910.